The lowest BCUT2D eigenvalue weighted by molar-refractivity contribution is 0.126. The molecule has 0 amide bonds. The molecule has 0 bridgehead atoms. The molecule has 0 radical (unpaired) electrons. The molecule has 0 aromatic heterocycles. The number of piperazine rings is 1. The number of hydrogen-bond acceptors (Lipinski definition) is 4. The molecule has 3 rings (SSSR count). The summed E-state index contributed by atoms with van der Waals surface area (Å²) in [5.41, 5.74) is 2.11. The first-order chi connectivity index (χ1) is 12.6. The van der Waals surface area contributed by atoms with Crippen LogP contribution in [-0.2, 0) is 0 Å². The van der Waals surface area contributed by atoms with Crippen molar-refractivity contribution < 1.29 is 9.47 Å². The Labute approximate surface area is 165 Å². The summed E-state index contributed by atoms with van der Waals surface area (Å²) in [6.45, 7) is 4.94. The van der Waals surface area contributed by atoms with Crippen molar-refractivity contribution in [1.29, 1.82) is 0 Å². The van der Waals surface area contributed by atoms with Crippen LogP contribution in [0.25, 0.3) is 0 Å². The molecule has 2 aromatic rings. The van der Waals surface area contributed by atoms with Gasteiger partial charge >= 0.3 is 0 Å². The van der Waals surface area contributed by atoms with Gasteiger partial charge in [0, 0.05) is 23.1 Å². The van der Waals surface area contributed by atoms with E-state index in [9.17, 15) is 0 Å². The summed E-state index contributed by atoms with van der Waals surface area (Å²) in [7, 11) is 3.29. The second kappa shape index (κ2) is 8.49. The smallest absolute Gasteiger partial charge is 0.120 e. The Morgan fingerprint density at radius 3 is 2.08 bits per heavy atom. The third-order valence-electron chi connectivity index (χ3n) is 4.95. The zero-order valence-corrected chi connectivity index (χ0v) is 16.8. The number of halogens is 2. The van der Waals surface area contributed by atoms with E-state index in [0.717, 1.165) is 42.3 Å². The molecular formula is C20H24Cl2N2O2. The van der Waals surface area contributed by atoms with E-state index in [1.165, 1.54) is 0 Å². The van der Waals surface area contributed by atoms with E-state index in [2.05, 4.69) is 17.1 Å². The largest absolute Gasteiger partial charge is 0.497 e. The first-order valence-electron chi connectivity index (χ1n) is 8.73. The van der Waals surface area contributed by atoms with Gasteiger partial charge in [-0.1, -0.05) is 42.3 Å². The highest BCUT2D eigenvalue weighted by Crippen LogP contribution is 2.42. The van der Waals surface area contributed by atoms with Gasteiger partial charge in [-0.2, -0.15) is 0 Å². The lowest BCUT2D eigenvalue weighted by Gasteiger charge is -2.42. The first-order valence-corrected chi connectivity index (χ1v) is 9.49. The molecule has 2 aromatic carbocycles. The summed E-state index contributed by atoms with van der Waals surface area (Å²) < 4.78 is 10.6. The molecule has 140 valence electrons. The molecule has 6 heteroatoms. The SMILES string of the molecule is CCN1CCN[C@@H](c2ccc(OC)cc2Cl)[C@H]1c1ccc(OC)cc1Cl. The van der Waals surface area contributed by atoms with Crippen molar-refractivity contribution in [1.82, 2.24) is 10.2 Å². The van der Waals surface area contributed by atoms with Crippen molar-refractivity contribution in [2.75, 3.05) is 33.9 Å². The Morgan fingerprint density at radius 1 is 1.00 bits per heavy atom. The maximum atomic E-state index is 6.62. The highest BCUT2D eigenvalue weighted by molar-refractivity contribution is 6.32. The van der Waals surface area contributed by atoms with Crippen LogP contribution in [0.15, 0.2) is 36.4 Å². The summed E-state index contributed by atoms with van der Waals surface area (Å²) in [5.74, 6) is 1.51. The first kappa shape index (κ1) is 19.3. The van der Waals surface area contributed by atoms with Gasteiger partial charge < -0.3 is 14.8 Å². The average Bonchev–Trinajstić information content (AvgIpc) is 2.67. The van der Waals surface area contributed by atoms with E-state index < -0.39 is 0 Å². The Balaban J connectivity index is 2.05. The highest BCUT2D eigenvalue weighted by Gasteiger charge is 2.35. The zero-order chi connectivity index (χ0) is 18.7. The fourth-order valence-electron chi connectivity index (χ4n) is 3.60. The van der Waals surface area contributed by atoms with Crippen LogP contribution >= 0.6 is 23.2 Å². The molecule has 1 heterocycles. The van der Waals surface area contributed by atoms with Crippen molar-refractivity contribution in [2.24, 2.45) is 0 Å². The Kier molecular flexibility index (Phi) is 6.30. The predicted octanol–water partition coefficient (Wildman–Crippen LogP) is 4.72. The molecule has 1 saturated heterocycles. The Morgan fingerprint density at radius 2 is 1.58 bits per heavy atom. The van der Waals surface area contributed by atoms with E-state index >= 15 is 0 Å². The molecule has 0 saturated carbocycles. The summed E-state index contributed by atoms with van der Waals surface area (Å²) in [4.78, 5) is 2.43. The predicted molar refractivity (Wildman–Crippen MR) is 107 cm³/mol. The lowest BCUT2D eigenvalue weighted by Crippen LogP contribution is -2.48. The summed E-state index contributed by atoms with van der Waals surface area (Å²) in [5, 5.41) is 5.01. The van der Waals surface area contributed by atoms with Gasteiger partial charge in [-0.3, -0.25) is 4.90 Å². The molecule has 2 atom stereocenters. The van der Waals surface area contributed by atoms with Crippen LogP contribution in [0.3, 0.4) is 0 Å². The quantitative estimate of drug-likeness (QED) is 0.795. The van der Waals surface area contributed by atoms with Gasteiger partial charge in [0.15, 0.2) is 0 Å². The van der Waals surface area contributed by atoms with Crippen LogP contribution in [0, 0.1) is 0 Å². The number of nitrogens with zero attached hydrogens (tertiary/aromatic N) is 1. The molecule has 0 unspecified atom stereocenters. The molecule has 4 nitrogen and oxygen atoms in total. The van der Waals surface area contributed by atoms with Crippen molar-refractivity contribution in [3.63, 3.8) is 0 Å². The van der Waals surface area contributed by atoms with Crippen molar-refractivity contribution in [2.45, 2.75) is 19.0 Å². The van der Waals surface area contributed by atoms with Gasteiger partial charge in [-0.25, -0.2) is 0 Å². The van der Waals surface area contributed by atoms with Gasteiger partial charge in [0.2, 0.25) is 0 Å². The Bertz CT molecular complexity index is 769. The molecule has 0 aliphatic carbocycles. The molecular weight excluding hydrogens is 371 g/mol. The van der Waals surface area contributed by atoms with Gasteiger partial charge in [0.1, 0.15) is 11.5 Å². The lowest BCUT2D eigenvalue weighted by atomic mass is 9.90. The summed E-state index contributed by atoms with van der Waals surface area (Å²) >= 11 is 13.2. The van der Waals surface area contributed by atoms with E-state index in [1.807, 2.05) is 36.4 Å². The topological polar surface area (TPSA) is 33.7 Å². The Hall–Kier alpha value is -1.46. The van der Waals surface area contributed by atoms with E-state index in [-0.39, 0.29) is 12.1 Å². The highest BCUT2D eigenvalue weighted by atomic mass is 35.5. The number of methoxy groups -OCH3 is 2. The summed E-state index contributed by atoms with van der Waals surface area (Å²) in [6, 6.07) is 11.8. The molecule has 1 aliphatic heterocycles. The van der Waals surface area contributed by atoms with Crippen LogP contribution in [-0.4, -0.2) is 38.8 Å². The maximum Gasteiger partial charge on any atom is 0.120 e. The fraction of sp³-hybridized carbons (Fsp3) is 0.400. The normalized spacial score (nSPS) is 20.8. The minimum absolute atomic E-state index is 0.0352. The zero-order valence-electron chi connectivity index (χ0n) is 15.3. The van der Waals surface area contributed by atoms with Gasteiger partial charge in [0.25, 0.3) is 0 Å². The van der Waals surface area contributed by atoms with Crippen LogP contribution < -0.4 is 14.8 Å². The van der Waals surface area contributed by atoms with Gasteiger partial charge in [-0.05, 0) is 41.9 Å². The van der Waals surface area contributed by atoms with Crippen molar-refractivity contribution in [3.8, 4) is 11.5 Å². The van der Waals surface area contributed by atoms with E-state index in [1.54, 1.807) is 14.2 Å². The van der Waals surface area contributed by atoms with Gasteiger partial charge in [-0.15, -0.1) is 0 Å². The van der Waals surface area contributed by atoms with Crippen molar-refractivity contribution in [3.05, 3.63) is 57.6 Å². The van der Waals surface area contributed by atoms with Crippen LogP contribution in [0.2, 0.25) is 10.0 Å². The third-order valence-corrected chi connectivity index (χ3v) is 5.60. The minimum atomic E-state index is 0.0352. The van der Waals surface area contributed by atoms with Crippen LogP contribution in [0.5, 0.6) is 11.5 Å². The second-order valence-corrected chi connectivity index (χ2v) is 7.09. The van der Waals surface area contributed by atoms with E-state index in [4.69, 9.17) is 32.7 Å². The molecule has 1 fully saturated rings. The van der Waals surface area contributed by atoms with E-state index in [0.29, 0.717) is 10.0 Å². The standard InChI is InChI=1S/C20H24Cl2N2O2/c1-4-24-10-9-23-19(15-7-5-13(25-2)11-17(15)21)20(24)16-8-6-14(26-3)12-18(16)22/h5-8,11-12,19-20,23H,4,9-10H2,1-3H3/t19-,20+/m0/s1. The minimum Gasteiger partial charge on any atom is -0.497 e. The number of likely N-dealkylation sites (N-methyl/N-ethyl adjacent to an activating group) is 1. The maximum absolute atomic E-state index is 6.62. The fourth-order valence-corrected chi connectivity index (χ4v) is 4.17. The second-order valence-electron chi connectivity index (χ2n) is 6.28. The van der Waals surface area contributed by atoms with Crippen LogP contribution in [0.1, 0.15) is 30.1 Å². The molecule has 26 heavy (non-hydrogen) atoms. The van der Waals surface area contributed by atoms with Crippen molar-refractivity contribution >= 4 is 23.2 Å². The number of rotatable bonds is 5. The number of nitrogens with one attached hydrogen (secondary N) is 1. The van der Waals surface area contributed by atoms with Gasteiger partial charge in [0.05, 0.1) is 26.3 Å². The molecule has 0 spiro atoms. The monoisotopic (exact) mass is 394 g/mol. The third kappa shape index (κ3) is 3.79. The number of benzene rings is 2. The average molecular weight is 395 g/mol. The summed E-state index contributed by atoms with van der Waals surface area (Å²) in [6.07, 6.45) is 0. The molecule has 1 N–H and O–H groups in total. The molecule has 1 aliphatic rings. The van der Waals surface area contributed by atoms with Crippen LogP contribution in [0.4, 0.5) is 0 Å². The number of hydrogen-bond donors (Lipinski definition) is 1. The number of ether oxygens (including phenoxy) is 2.